The number of nitrogens with zero attached hydrogens (tertiary/aromatic N) is 2. The van der Waals surface area contributed by atoms with Crippen molar-refractivity contribution in [2.75, 3.05) is 18.7 Å². The van der Waals surface area contributed by atoms with E-state index < -0.39 is 0 Å². The highest BCUT2D eigenvalue weighted by Crippen LogP contribution is 2.40. The van der Waals surface area contributed by atoms with Crippen molar-refractivity contribution in [3.05, 3.63) is 24.3 Å². The van der Waals surface area contributed by atoms with E-state index in [4.69, 9.17) is 4.74 Å². The van der Waals surface area contributed by atoms with Crippen molar-refractivity contribution < 1.29 is 19.1 Å². The van der Waals surface area contributed by atoms with Crippen molar-refractivity contribution in [1.82, 2.24) is 4.90 Å². The Kier molecular flexibility index (Phi) is 4.79. The zero-order valence-electron chi connectivity index (χ0n) is 14.9. The summed E-state index contributed by atoms with van der Waals surface area (Å²) in [5, 5.41) is 0. The van der Waals surface area contributed by atoms with E-state index in [-0.39, 0.29) is 36.2 Å². The minimum absolute atomic E-state index is 0.0271. The summed E-state index contributed by atoms with van der Waals surface area (Å²) in [5.41, 5.74) is 0.636. The van der Waals surface area contributed by atoms with Gasteiger partial charge < -0.3 is 4.74 Å². The van der Waals surface area contributed by atoms with Crippen LogP contribution >= 0.6 is 0 Å². The lowest BCUT2D eigenvalue weighted by atomic mass is 9.76. The summed E-state index contributed by atoms with van der Waals surface area (Å²) >= 11 is 0. The lowest BCUT2D eigenvalue weighted by Crippen LogP contribution is -2.44. The second kappa shape index (κ2) is 6.86. The fourth-order valence-corrected chi connectivity index (χ4v) is 3.86. The van der Waals surface area contributed by atoms with Crippen LogP contribution < -0.4 is 9.64 Å². The molecule has 2 fully saturated rings. The summed E-state index contributed by atoms with van der Waals surface area (Å²) in [7, 11) is 1.57. The first kappa shape index (κ1) is 17.5. The minimum atomic E-state index is -0.221. The van der Waals surface area contributed by atoms with E-state index in [1.165, 1.54) is 16.7 Å². The van der Waals surface area contributed by atoms with Crippen molar-refractivity contribution >= 4 is 23.4 Å². The van der Waals surface area contributed by atoms with E-state index >= 15 is 0 Å². The minimum Gasteiger partial charge on any atom is -0.497 e. The van der Waals surface area contributed by atoms with Crippen LogP contribution in [-0.4, -0.2) is 36.4 Å². The third kappa shape index (κ3) is 3.25. The fourth-order valence-electron chi connectivity index (χ4n) is 3.86. The molecule has 1 saturated carbocycles. The molecule has 0 bridgehead atoms. The molecule has 2 aliphatic rings. The number of carbonyl (C=O) groups excluding carboxylic acids is 3. The van der Waals surface area contributed by atoms with Crippen molar-refractivity contribution in [2.24, 2.45) is 17.8 Å². The average Bonchev–Trinajstić information content (AvgIpc) is 2.83. The molecule has 0 spiro atoms. The van der Waals surface area contributed by atoms with Crippen LogP contribution in [0, 0.1) is 17.8 Å². The number of amides is 3. The molecule has 1 heterocycles. The lowest BCUT2D eigenvalue weighted by Gasteiger charge is -2.26. The first-order valence-electron chi connectivity index (χ1n) is 8.69. The SMILES string of the molecule is COc1ccc(N(CN2C(=O)[C@H]3C[C@H](C)CC[C@H]3C2=O)C(C)=O)cc1. The van der Waals surface area contributed by atoms with Crippen LogP contribution in [0.25, 0.3) is 0 Å². The molecule has 1 aromatic carbocycles. The summed E-state index contributed by atoms with van der Waals surface area (Å²) < 4.78 is 5.13. The smallest absolute Gasteiger partial charge is 0.234 e. The number of rotatable bonds is 4. The summed E-state index contributed by atoms with van der Waals surface area (Å²) in [6, 6.07) is 7.00. The zero-order valence-corrected chi connectivity index (χ0v) is 14.9. The van der Waals surface area contributed by atoms with Gasteiger partial charge in [-0.25, -0.2) is 0 Å². The van der Waals surface area contributed by atoms with Gasteiger partial charge in [0.1, 0.15) is 12.4 Å². The normalized spacial score (nSPS) is 25.7. The number of imide groups is 1. The quantitative estimate of drug-likeness (QED) is 0.787. The van der Waals surface area contributed by atoms with Gasteiger partial charge in [0, 0.05) is 12.6 Å². The standard InChI is InChI=1S/C19H24N2O4/c1-12-4-9-16-17(10-12)19(24)21(18(16)23)11-20(13(2)22)14-5-7-15(25-3)8-6-14/h5-8,12,16-17H,4,9-11H2,1-3H3/t12-,16-,17+/m1/s1. The summed E-state index contributed by atoms with van der Waals surface area (Å²) in [4.78, 5) is 40.3. The molecule has 25 heavy (non-hydrogen) atoms. The average molecular weight is 344 g/mol. The van der Waals surface area contributed by atoms with E-state index in [9.17, 15) is 14.4 Å². The topological polar surface area (TPSA) is 66.9 Å². The van der Waals surface area contributed by atoms with Gasteiger partial charge in [0.05, 0.1) is 18.9 Å². The van der Waals surface area contributed by atoms with Gasteiger partial charge >= 0.3 is 0 Å². The molecule has 6 heteroatoms. The third-order valence-electron chi connectivity index (χ3n) is 5.33. The van der Waals surface area contributed by atoms with Gasteiger partial charge in [-0.15, -0.1) is 0 Å². The van der Waals surface area contributed by atoms with Crippen LogP contribution in [0.15, 0.2) is 24.3 Å². The zero-order chi connectivity index (χ0) is 18.1. The first-order chi connectivity index (χ1) is 11.9. The van der Waals surface area contributed by atoms with Gasteiger partial charge in [0.25, 0.3) is 0 Å². The van der Waals surface area contributed by atoms with E-state index in [1.54, 1.807) is 31.4 Å². The maximum absolute atomic E-state index is 12.7. The Labute approximate surface area is 147 Å². The molecule has 1 aliphatic heterocycles. The Morgan fingerprint density at radius 3 is 2.40 bits per heavy atom. The number of methoxy groups -OCH3 is 1. The second-order valence-electron chi connectivity index (χ2n) is 7.02. The van der Waals surface area contributed by atoms with E-state index in [1.807, 2.05) is 0 Å². The third-order valence-corrected chi connectivity index (χ3v) is 5.33. The molecule has 0 unspecified atom stereocenters. The monoisotopic (exact) mass is 344 g/mol. The van der Waals surface area contributed by atoms with Gasteiger partial charge in [-0.3, -0.25) is 24.2 Å². The van der Waals surface area contributed by atoms with Gasteiger partial charge in [-0.05, 0) is 49.4 Å². The maximum Gasteiger partial charge on any atom is 0.234 e. The summed E-state index contributed by atoms with van der Waals surface area (Å²) in [6.07, 6.45) is 2.49. The number of hydrogen-bond acceptors (Lipinski definition) is 4. The predicted octanol–water partition coefficient (Wildman–Crippen LogP) is 2.43. The van der Waals surface area contributed by atoms with Gasteiger partial charge in [-0.1, -0.05) is 6.92 Å². The predicted molar refractivity (Wildman–Crippen MR) is 92.9 cm³/mol. The number of benzene rings is 1. The Hall–Kier alpha value is -2.37. The molecule has 1 saturated heterocycles. The lowest BCUT2D eigenvalue weighted by molar-refractivity contribution is -0.140. The molecule has 1 aromatic rings. The number of hydrogen-bond donors (Lipinski definition) is 0. The number of fused-ring (bicyclic) bond motifs is 1. The van der Waals surface area contributed by atoms with Crippen LogP contribution in [0.3, 0.4) is 0 Å². The van der Waals surface area contributed by atoms with Crippen LogP contribution in [0.2, 0.25) is 0 Å². The van der Waals surface area contributed by atoms with Crippen molar-refractivity contribution in [3.63, 3.8) is 0 Å². The van der Waals surface area contributed by atoms with Gasteiger partial charge in [-0.2, -0.15) is 0 Å². The molecule has 134 valence electrons. The molecule has 3 atom stereocenters. The van der Waals surface area contributed by atoms with Gasteiger partial charge in [0.2, 0.25) is 17.7 Å². The number of ether oxygens (including phenoxy) is 1. The van der Waals surface area contributed by atoms with E-state index in [0.717, 1.165) is 19.3 Å². The van der Waals surface area contributed by atoms with Crippen LogP contribution in [0.4, 0.5) is 5.69 Å². The number of anilines is 1. The first-order valence-corrected chi connectivity index (χ1v) is 8.69. The maximum atomic E-state index is 12.7. The van der Waals surface area contributed by atoms with E-state index in [0.29, 0.717) is 17.4 Å². The Morgan fingerprint density at radius 2 is 1.80 bits per heavy atom. The molecule has 0 aromatic heterocycles. The highest BCUT2D eigenvalue weighted by atomic mass is 16.5. The number of carbonyl (C=O) groups is 3. The van der Waals surface area contributed by atoms with Gasteiger partial charge in [0.15, 0.2) is 0 Å². The molecule has 3 amide bonds. The highest BCUT2D eigenvalue weighted by molar-refractivity contribution is 6.06. The molecular formula is C19H24N2O4. The highest BCUT2D eigenvalue weighted by Gasteiger charge is 2.49. The second-order valence-corrected chi connectivity index (χ2v) is 7.02. The van der Waals surface area contributed by atoms with Crippen LogP contribution in [-0.2, 0) is 14.4 Å². The Morgan fingerprint density at radius 1 is 1.16 bits per heavy atom. The Balaban J connectivity index is 1.81. The fraction of sp³-hybridized carbons (Fsp3) is 0.526. The molecule has 0 radical (unpaired) electrons. The molecule has 0 N–H and O–H groups in total. The van der Waals surface area contributed by atoms with Crippen molar-refractivity contribution in [2.45, 2.75) is 33.1 Å². The number of likely N-dealkylation sites (tertiary alicyclic amines) is 1. The van der Waals surface area contributed by atoms with Crippen molar-refractivity contribution in [1.29, 1.82) is 0 Å². The summed E-state index contributed by atoms with van der Waals surface area (Å²) in [6.45, 7) is 3.53. The molecule has 3 rings (SSSR count). The largest absolute Gasteiger partial charge is 0.497 e. The van der Waals surface area contributed by atoms with E-state index in [2.05, 4.69) is 6.92 Å². The molecular weight excluding hydrogens is 320 g/mol. The van der Waals surface area contributed by atoms with Crippen LogP contribution in [0.1, 0.15) is 33.1 Å². The summed E-state index contributed by atoms with van der Waals surface area (Å²) in [5.74, 6) is 0.218. The molecule has 1 aliphatic carbocycles. The molecule has 6 nitrogen and oxygen atoms in total. The van der Waals surface area contributed by atoms with Crippen molar-refractivity contribution in [3.8, 4) is 5.75 Å². The Bertz CT molecular complexity index is 685. The van der Waals surface area contributed by atoms with Crippen LogP contribution in [0.5, 0.6) is 5.75 Å².